The second kappa shape index (κ2) is 6.49. The van der Waals surface area contributed by atoms with E-state index in [4.69, 9.17) is 4.74 Å². The summed E-state index contributed by atoms with van der Waals surface area (Å²) < 4.78 is 6.84. The predicted molar refractivity (Wildman–Crippen MR) is 79.4 cm³/mol. The Hall–Kier alpha value is -2.21. The summed E-state index contributed by atoms with van der Waals surface area (Å²) in [6.07, 6.45) is 0. The topological polar surface area (TPSA) is 69.0 Å². The molecule has 0 radical (unpaired) electrons. The average molecular weight is 288 g/mol. The molecule has 2 rings (SSSR count). The summed E-state index contributed by atoms with van der Waals surface area (Å²) in [5.74, 6) is -0.240. The Labute approximate surface area is 124 Å². The summed E-state index contributed by atoms with van der Waals surface area (Å²) in [4.78, 5) is 12.2. The van der Waals surface area contributed by atoms with Crippen molar-refractivity contribution in [2.75, 3.05) is 7.11 Å². The van der Waals surface area contributed by atoms with E-state index >= 15 is 0 Å². The van der Waals surface area contributed by atoms with Crippen LogP contribution in [0.1, 0.15) is 35.6 Å². The standard InChI is InChI=1S/C15H20N4O2/c1-10(2)16-15(20)14-13(9-21-4)19(18-17-14)12-7-5-6-11(3)8-12/h5-8,10H,9H2,1-4H3,(H,16,20). The van der Waals surface area contributed by atoms with Crippen molar-refractivity contribution < 1.29 is 9.53 Å². The lowest BCUT2D eigenvalue weighted by Gasteiger charge is -2.09. The maximum absolute atomic E-state index is 12.2. The third kappa shape index (κ3) is 3.46. The van der Waals surface area contributed by atoms with Gasteiger partial charge < -0.3 is 10.1 Å². The number of nitrogens with one attached hydrogen (secondary N) is 1. The van der Waals surface area contributed by atoms with Crippen LogP contribution in [0.4, 0.5) is 0 Å². The second-order valence-electron chi connectivity index (χ2n) is 5.20. The number of aromatic nitrogens is 3. The normalized spacial score (nSPS) is 10.9. The molecule has 6 heteroatoms. The van der Waals surface area contributed by atoms with Gasteiger partial charge in [-0.25, -0.2) is 4.68 Å². The third-order valence-corrected chi connectivity index (χ3v) is 2.93. The summed E-state index contributed by atoms with van der Waals surface area (Å²) in [6, 6.07) is 7.89. The Balaban J connectivity index is 2.43. The Bertz CT molecular complexity index is 634. The van der Waals surface area contributed by atoms with Crippen LogP contribution >= 0.6 is 0 Å². The lowest BCUT2D eigenvalue weighted by Crippen LogP contribution is -2.31. The summed E-state index contributed by atoms with van der Waals surface area (Å²) in [7, 11) is 1.58. The minimum absolute atomic E-state index is 0.0389. The highest BCUT2D eigenvalue weighted by Crippen LogP contribution is 2.15. The Morgan fingerprint density at radius 3 is 2.81 bits per heavy atom. The van der Waals surface area contributed by atoms with Crippen LogP contribution in [0.15, 0.2) is 24.3 Å². The van der Waals surface area contributed by atoms with Gasteiger partial charge in [-0.2, -0.15) is 0 Å². The Morgan fingerprint density at radius 1 is 1.43 bits per heavy atom. The number of nitrogens with zero attached hydrogens (tertiary/aromatic N) is 3. The van der Waals surface area contributed by atoms with Crippen molar-refractivity contribution in [2.45, 2.75) is 33.4 Å². The molecule has 2 aromatic rings. The van der Waals surface area contributed by atoms with Gasteiger partial charge in [0.05, 0.1) is 12.3 Å². The van der Waals surface area contributed by atoms with E-state index in [1.165, 1.54) is 0 Å². The first-order valence-corrected chi connectivity index (χ1v) is 6.84. The van der Waals surface area contributed by atoms with Gasteiger partial charge in [0, 0.05) is 13.2 Å². The van der Waals surface area contributed by atoms with Gasteiger partial charge >= 0.3 is 0 Å². The van der Waals surface area contributed by atoms with E-state index in [0.29, 0.717) is 11.4 Å². The molecule has 1 aromatic carbocycles. The van der Waals surface area contributed by atoms with Gasteiger partial charge in [0.15, 0.2) is 5.69 Å². The fourth-order valence-corrected chi connectivity index (χ4v) is 2.04. The van der Waals surface area contributed by atoms with Crippen molar-refractivity contribution in [2.24, 2.45) is 0 Å². The van der Waals surface area contributed by atoms with Crippen molar-refractivity contribution in [1.82, 2.24) is 20.3 Å². The first-order valence-electron chi connectivity index (χ1n) is 6.84. The quantitative estimate of drug-likeness (QED) is 0.911. The molecule has 0 atom stereocenters. The Kier molecular flexibility index (Phi) is 4.70. The van der Waals surface area contributed by atoms with Crippen molar-refractivity contribution >= 4 is 5.91 Å². The van der Waals surface area contributed by atoms with Crippen LogP contribution in [-0.4, -0.2) is 34.1 Å². The number of benzene rings is 1. The molecule has 1 aromatic heterocycles. The molecule has 0 fully saturated rings. The molecule has 0 bridgehead atoms. The number of hydrogen-bond acceptors (Lipinski definition) is 4. The van der Waals surface area contributed by atoms with Gasteiger partial charge in [0.2, 0.25) is 0 Å². The van der Waals surface area contributed by atoms with Gasteiger partial charge in [-0.15, -0.1) is 5.10 Å². The number of ether oxygens (including phenoxy) is 1. The number of methoxy groups -OCH3 is 1. The minimum Gasteiger partial charge on any atom is -0.378 e. The first kappa shape index (κ1) is 15.2. The van der Waals surface area contributed by atoms with Crippen LogP contribution in [-0.2, 0) is 11.3 Å². The molecule has 112 valence electrons. The van der Waals surface area contributed by atoms with Crippen molar-refractivity contribution in [3.8, 4) is 5.69 Å². The van der Waals surface area contributed by atoms with E-state index in [1.54, 1.807) is 11.8 Å². The number of rotatable bonds is 5. The molecular weight excluding hydrogens is 268 g/mol. The number of aryl methyl sites for hydroxylation is 1. The van der Waals surface area contributed by atoms with Crippen LogP contribution in [0.2, 0.25) is 0 Å². The maximum Gasteiger partial charge on any atom is 0.274 e. The highest BCUT2D eigenvalue weighted by atomic mass is 16.5. The van der Waals surface area contributed by atoms with Gasteiger partial charge in [0.25, 0.3) is 5.91 Å². The fraction of sp³-hybridized carbons (Fsp3) is 0.400. The van der Waals surface area contributed by atoms with E-state index in [0.717, 1.165) is 11.3 Å². The molecule has 0 aliphatic carbocycles. The summed E-state index contributed by atoms with van der Waals surface area (Å²) in [5, 5.41) is 10.9. The van der Waals surface area contributed by atoms with Crippen LogP contribution < -0.4 is 5.32 Å². The zero-order valence-electron chi connectivity index (χ0n) is 12.8. The molecule has 1 N–H and O–H groups in total. The van der Waals surface area contributed by atoms with Gasteiger partial charge in [-0.05, 0) is 38.5 Å². The minimum atomic E-state index is -0.240. The molecular formula is C15H20N4O2. The van der Waals surface area contributed by atoms with Crippen LogP contribution in [0, 0.1) is 6.92 Å². The number of carbonyl (C=O) groups is 1. The van der Waals surface area contributed by atoms with Gasteiger partial charge in [0.1, 0.15) is 5.69 Å². The largest absolute Gasteiger partial charge is 0.378 e. The summed E-state index contributed by atoms with van der Waals surface area (Å²) in [6.45, 7) is 6.07. The maximum atomic E-state index is 12.2. The lowest BCUT2D eigenvalue weighted by atomic mass is 10.2. The molecule has 0 saturated carbocycles. The van der Waals surface area contributed by atoms with Crippen molar-refractivity contribution in [3.05, 3.63) is 41.2 Å². The van der Waals surface area contributed by atoms with Gasteiger partial charge in [-0.1, -0.05) is 17.3 Å². The van der Waals surface area contributed by atoms with E-state index < -0.39 is 0 Å². The van der Waals surface area contributed by atoms with E-state index in [-0.39, 0.29) is 18.6 Å². The molecule has 1 heterocycles. The van der Waals surface area contributed by atoms with E-state index in [2.05, 4.69) is 15.6 Å². The summed E-state index contributed by atoms with van der Waals surface area (Å²) in [5.41, 5.74) is 2.91. The van der Waals surface area contributed by atoms with Gasteiger partial charge in [-0.3, -0.25) is 4.79 Å². The number of carbonyl (C=O) groups excluding carboxylic acids is 1. The third-order valence-electron chi connectivity index (χ3n) is 2.93. The SMILES string of the molecule is COCc1c(C(=O)NC(C)C)nnn1-c1cccc(C)c1. The predicted octanol–water partition coefficient (Wildman–Crippen LogP) is 1.86. The van der Waals surface area contributed by atoms with Crippen LogP contribution in [0.3, 0.4) is 0 Å². The molecule has 0 saturated heterocycles. The molecule has 6 nitrogen and oxygen atoms in total. The molecule has 1 amide bonds. The average Bonchev–Trinajstić information content (AvgIpc) is 2.82. The molecule has 0 spiro atoms. The second-order valence-corrected chi connectivity index (χ2v) is 5.20. The van der Waals surface area contributed by atoms with E-state index in [9.17, 15) is 4.79 Å². The molecule has 0 unspecified atom stereocenters. The monoisotopic (exact) mass is 288 g/mol. The summed E-state index contributed by atoms with van der Waals surface area (Å²) >= 11 is 0. The molecule has 21 heavy (non-hydrogen) atoms. The van der Waals surface area contributed by atoms with E-state index in [1.807, 2.05) is 45.0 Å². The number of amides is 1. The smallest absolute Gasteiger partial charge is 0.274 e. The highest BCUT2D eigenvalue weighted by molar-refractivity contribution is 5.93. The van der Waals surface area contributed by atoms with Crippen LogP contribution in [0.25, 0.3) is 5.69 Å². The lowest BCUT2D eigenvalue weighted by molar-refractivity contribution is 0.0932. The fourth-order valence-electron chi connectivity index (χ4n) is 2.04. The van der Waals surface area contributed by atoms with Crippen molar-refractivity contribution in [3.63, 3.8) is 0 Å². The molecule has 0 aliphatic heterocycles. The zero-order valence-corrected chi connectivity index (χ0v) is 12.8. The first-order chi connectivity index (χ1) is 10.0. The highest BCUT2D eigenvalue weighted by Gasteiger charge is 2.20. The van der Waals surface area contributed by atoms with Crippen molar-refractivity contribution in [1.29, 1.82) is 0 Å². The Morgan fingerprint density at radius 2 is 2.19 bits per heavy atom. The zero-order chi connectivity index (χ0) is 15.4. The molecule has 0 aliphatic rings. The van der Waals surface area contributed by atoms with Crippen LogP contribution in [0.5, 0.6) is 0 Å². The number of hydrogen-bond donors (Lipinski definition) is 1.